The Morgan fingerprint density at radius 2 is 2.31 bits per heavy atom. The number of hydrogen-bond acceptors (Lipinski definition) is 6. The van der Waals surface area contributed by atoms with Gasteiger partial charge in [0.2, 0.25) is 0 Å². The molecule has 1 aliphatic heterocycles. The van der Waals surface area contributed by atoms with E-state index in [2.05, 4.69) is 21.6 Å². The summed E-state index contributed by atoms with van der Waals surface area (Å²) in [5.74, 6) is -0.0103. The fourth-order valence-electron chi connectivity index (χ4n) is 3.09. The molecular formula is C18H19N5O2S. The maximum atomic E-state index is 13.2. The smallest absolute Gasteiger partial charge is 0.254 e. The number of tetrazole rings is 1. The summed E-state index contributed by atoms with van der Waals surface area (Å²) in [6.45, 7) is 1.97. The van der Waals surface area contributed by atoms with E-state index in [1.54, 1.807) is 16.0 Å². The third-order valence-electron chi connectivity index (χ3n) is 4.37. The number of rotatable bonds is 6. The summed E-state index contributed by atoms with van der Waals surface area (Å²) in [4.78, 5) is 16.2. The molecular weight excluding hydrogens is 350 g/mol. The topological polar surface area (TPSA) is 73.1 Å². The fourth-order valence-corrected chi connectivity index (χ4v) is 3.81. The van der Waals surface area contributed by atoms with Crippen molar-refractivity contribution in [1.29, 1.82) is 0 Å². The Labute approximate surface area is 155 Å². The number of amides is 1. The molecule has 1 unspecified atom stereocenters. The van der Waals surface area contributed by atoms with Crippen LogP contribution >= 0.6 is 11.3 Å². The SMILES string of the molecule is O=C(c1cccc(-n2cnnn2)c1)N(Cc1cccs1)CC1CCCO1. The van der Waals surface area contributed by atoms with Gasteiger partial charge in [0.25, 0.3) is 5.91 Å². The number of carbonyl (C=O) groups is 1. The molecule has 0 radical (unpaired) electrons. The molecule has 1 aliphatic rings. The zero-order chi connectivity index (χ0) is 17.8. The second-order valence-corrected chi connectivity index (χ2v) is 7.24. The van der Waals surface area contributed by atoms with Gasteiger partial charge in [0.15, 0.2) is 0 Å². The van der Waals surface area contributed by atoms with E-state index in [1.807, 2.05) is 40.6 Å². The lowest BCUT2D eigenvalue weighted by Crippen LogP contribution is -2.36. The normalized spacial score (nSPS) is 16.7. The number of hydrogen-bond donors (Lipinski definition) is 0. The molecule has 0 bridgehead atoms. The fraction of sp³-hybridized carbons (Fsp3) is 0.333. The Morgan fingerprint density at radius 1 is 1.35 bits per heavy atom. The zero-order valence-corrected chi connectivity index (χ0v) is 15.0. The first-order valence-electron chi connectivity index (χ1n) is 8.56. The van der Waals surface area contributed by atoms with Gasteiger partial charge >= 0.3 is 0 Å². The van der Waals surface area contributed by atoms with E-state index in [-0.39, 0.29) is 12.0 Å². The summed E-state index contributed by atoms with van der Waals surface area (Å²) in [5, 5.41) is 13.2. The highest BCUT2D eigenvalue weighted by atomic mass is 32.1. The molecule has 26 heavy (non-hydrogen) atoms. The van der Waals surface area contributed by atoms with Crippen molar-refractivity contribution in [2.45, 2.75) is 25.5 Å². The first-order chi connectivity index (χ1) is 12.8. The van der Waals surface area contributed by atoms with Gasteiger partial charge in [0.05, 0.1) is 18.3 Å². The Hall–Kier alpha value is -2.58. The van der Waals surface area contributed by atoms with Crippen LogP contribution in [0.4, 0.5) is 0 Å². The first kappa shape index (κ1) is 16.9. The standard InChI is InChI=1S/C18H19N5O2S/c24-18(14-4-1-5-15(10-14)23-13-19-20-21-23)22(11-16-6-2-8-25-16)12-17-7-3-9-26-17/h1,3-5,7,9-10,13,16H,2,6,8,11-12H2. The van der Waals surface area contributed by atoms with Crippen molar-refractivity contribution in [1.82, 2.24) is 25.1 Å². The molecule has 0 N–H and O–H groups in total. The maximum Gasteiger partial charge on any atom is 0.254 e. The van der Waals surface area contributed by atoms with Crippen LogP contribution in [-0.2, 0) is 11.3 Å². The molecule has 0 saturated carbocycles. The van der Waals surface area contributed by atoms with Gasteiger partial charge in [-0.15, -0.1) is 16.4 Å². The minimum absolute atomic E-state index is 0.0103. The maximum absolute atomic E-state index is 13.2. The number of carbonyl (C=O) groups excluding carboxylic acids is 1. The molecule has 1 saturated heterocycles. The van der Waals surface area contributed by atoms with Gasteiger partial charge in [-0.2, -0.15) is 0 Å². The van der Waals surface area contributed by atoms with Crippen LogP contribution in [0.2, 0.25) is 0 Å². The molecule has 2 aromatic heterocycles. The van der Waals surface area contributed by atoms with Crippen molar-refractivity contribution in [2.24, 2.45) is 0 Å². The van der Waals surface area contributed by atoms with Gasteiger partial charge in [-0.1, -0.05) is 12.1 Å². The third kappa shape index (κ3) is 3.81. The van der Waals surface area contributed by atoms with Crippen LogP contribution in [0.15, 0.2) is 48.1 Å². The van der Waals surface area contributed by atoms with E-state index in [9.17, 15) is 4.79 Å². The van der Waals surface area contributed by atoms with Gasteiger partial charge in [0.1, 0.15) is 6.33 Å². The molecule has 0 aliphatic carbocycles. The lowest BCUT2D eigenvalue weighted by atomic mass is 10.1. The van der Waals surface area contributed by atoms with Crippen LogP contribution in [0.5, 0.6) is 0 Å². The summed E-state index contributed by atoms with van der Waals surface area (Å²) < 4.78 is 7.29. The van der Waals surface area contributed by atoms with E-state index in [1.165, 1.54) is 6.33 Å². The van der Waals surface area contributed by atoms with Gasteiger partial charge in [-0.05, 0) is 52.9 Å². The van der Waals surface area contributed by atoms with Crippen molar-refractivity contribution < 1.29 is 9.53 Å². The largest absolute Gasteiger partial charge is 0.376 e. The first-order valence-corrected chi connectivity index (χ1v) is 9.44. The average Bonchev–Trinajstić information content (AvgIpc) is 3.43. The number of thiophene rings is 1. The van der Waals surface area contributed by atoms with E-state index in [4.69, 9.17) is 4.74 Å². The summed E-state index contributed by atoms with van der Waals surface area (Å²) in [7, 11) is 0. The van der Waals surface area contributed by atoms with Gasteiger partial charge in [-0.3, -0.25) is 4.79 Å². The molecule has 3 aromatic rings. The second kappa shape index (κ2) is 7.76. The van der Waals surface area contributed by atoms with Gasteiger partial charge in [-0.25, -0.2) is 4.68 Å². The molecule has 1 amide bonds. The number of aromatic nitrogens is 4. The predicted molar refractivity (Wildman–Crippen MR) is 97.2 cm³/mol. The molecule has 3 heterocycles. The summed E-state index contributed by atoms with van der Waals surface area (Å²) >= 11 is 1.66. The molecule has 4 rings (SSSR count). The van der Waals surface area contributed by atoms with Crippen LogP contribution < -0.4 is 0 Å². The van der Waals surface area contributed by atoms with Crippen LogP contribution in [-0.4, -0.2) is 50.3 Å². The molecule has 7 nitrogen and oxygen atoms in total. The Kier molecular flexibility index (Phi) is 5.03. The Bertz CT molecular complexity index is 844. The van der Waals surface area contributed by atoms with Crippen LogP contribution in [0, 0.1) is 0 Å². The zero-order valence-electron chi connectivity index (χ0n) is 14.2. The number of benzene rings is 1. The molecule has 8 heteroatoms. The summed E-state index contributed by atoms with van der Waals surface area (Å²) in [6.07, 6.45) is 3.68. The van der Waals surface area contributed by atoms with Crippen molar-refractivity contribution in [3.63, 3.8) is 0 Å². The average molecular weight is 369 g/mol. The minimum Gasteiger partial charge on any atom is -0.376 e. The van der Waals surface area contributed by atoms with Gasteiger partial charge in [0, 0.05) is 23.6 Å². The molecule has 0 spiro atoms. The minimum atomic E-state index is -0.0103. The van der Waals surface area contributed by atoms with Crippen LogP contribution in [0.3, 0.4) is 0 Å². The predicted octanol–water partition coefficient (Wildman–Crippen LogP) is 2.55. The van der Waals surface area contributed by atoms with Crippen molar-refractivity contribution in [3.05, 3.63) is 58.5 Å². The lowest BCUT2D eigenvalue weighted by Gasteiger charge is -2.25. The van der Waals surface area contributed by atoms with Crippen molar-refractivity contribution >= 4 is 17.2 Å². The van der Waals surface area contributed by atoms with E-state index in [0.717, 1.165) is 30.0 Å². The van der Waals surface area contributed by atoms with Crippen LogP contribution in [0.25, 0.3) is 5.69 Å². The van der Waals surface area contributed by atoms with Crippen LogP contribution in [0.1, 0.15) is 28.1 Å². The highest BCUT2D eigenvalue weighted by Gasteiger charge is 2.24. The third-order valence-corrected chi connectivity index (χ3v) is 5.23. The number of ether oxygens (including phenoxy) is 1. The van der Waals surface area contributed by atoms with E-state index >= 15 is 0 Å². The molecule has 1 atom stereocenters. The summed E-state index contributed by atoms with van der Waals surface area (Å²) in [5.41, 5.74) is 1.38. The van der Waals surface area contributed by atoms with Gasteiger partial charge < -0.3 is 9.64 Å². The highest BCUT2D eigenvalue weighted by Crippen LogP contribution is 2.20. The number of nitrogens with zero attached hydrogens (tertiary/aromatic N) is 5. The molecule has 1 fully saturated rings. The van der Waals surface area contributed by atoms with E-state index < -0.39 is 0 Å². The van der Waals surface area contributed by atoms with Crippen molar-refractivity contribution in [2.75, 3.05) is 13.2 Å². The Balaban J connectivity index is 1.57. The second-order valence-electron chi connectivity index (χ2n) is 6.20. The van der Waals surface area contributed by atoms with E-state index in [0.29, 0.717) is 18.7 Å². The van der Waals surface area contributed by atoms with Crippen molar-refractivity contribution in [3.8, 4) is 5.69 Å². The monoisotopic (exact) mass is 369 g/mol. The lowest BCUT2D eigenvalue weighted by molar-refractivity contribution is 0.0509. The molecule has 134 valence electrons. The highest BCUT2D eigenvalue weighted by molar-refractivity contribution is 7.09. The summed E-state index contributed by atoms with van der Waals surface area (Å²) in [6, 6.07) is 11.4. The Morgan fingerprint density at radius 3 is 3.04 bits per heavy atom. The quantitative estimate of drug-likeness (QED) is 0.668. The molecule has 1 aromatic carbocycles.